The van der Waals surface area contributed by atoms with E-state index in [1.165, 1.54) is 4.57 Å². The number of fused-ring (bicyclic) bond motifs is 1. The van der Waals surface area contributed by atoms with Gasteiger partial charge in [0, 0.05) is 54.9 Å². The summed E-state index contributed by atoms with van der Waals surface area (Å²) in [6, 6.07) is 13.6. The van der Waals surface area contributed by atoms with Crippen molar-refractivity contribution >= 4 is 28.5 Å². The fourth-order valence-electron chi connectivity index (χ4n) is 5.44. The molecule has 2 aromatic carbocycles. The van der Waals surface area contributed by atoms with E-state index < -0.39 is 11.5 Å². The number of aromatic nitrogens is 3. The van der Waals surface area contributed by atoms with Gasteiger partial charge in [0.25, 0.3) is 0 Å². The van der Waals surface area contributed by atoms with Crippen molar-refractivity contribution < 1.29 is 4.39 Å². The Labute approximate surface area is 249 Å². The molecule has 0 amide bonds. The summed E-state index contributed by atoms with van der Waals surface area (Å²) in [7, 11) is 0. The minimum absolute atomic E-state index is 0.0571. The summed E-state index contributed by atoms with van der Waals surface area (Å²) in [6.07, 6.45) is 5.11. The van der Waals surface area contributed by atoms with Crippen LogP contribution in [0.1, 0.15) is 50.3 Å². The highest BCUT2D eigenvalue weighted by Crippen LogP contribution is 2.31. The predicted octanol–water partition coefficient (Wildman–Crippen LogP) is 4.42. The molecule has 0 saturated carbocycles. The standard InChI is InChI=1S/C31H38ClFN8O/c1-18(34)4-3-5-20-12-25(29(33)26(32)13-20)27-14-22-17-41(31(42)40-30(22)39-27)24-8-6-21(7-9-24)28-16-36-15-23(38-28)10-11-37-19(2)35/h6-9,12-14,17-18,23,28,36,38H,3-5,10-11,15-16,34H2,1-2H3,(H2,35,37)(H,39,40,42)/t18-,23+,28-/m0/s1. The Morgan fingerprint density at radius 2 is 2.05 bits per heavy atom. The number of piperazine rings is 1. The summed E-state index contributed by atoms with van der Waals surface area (Å²) in [6.45, 7) is 6.14. The molecular weight excluding hydrogens is 555 g/mol. The molecule has 1 fully saturated rings. The number of nitrogens with one attached hydrogen (secondary N) is 5. The van der Waals surface area contributed by atoms with Crippen molar-refractivity contribution in [2.24, 2.45) is 5.73 Å². The Hall–Kier alpha value is -3.57. The third-order valence-corrected chi connectivity index (χ3v) is 7.92. The quantitative estimate of drug-likeness (QED) is 0.119. The minimum Gasteiger partial charge on any atom is -0.374 e. The maximum Gasteiger partial charge on any atom is 0.354 e. The first-order chi connectivity index (χ1) is 20.2. The number of hydrogen-bond donors (Lipinski definition) is 6. The second kappa shape index (κ2) is 13.2. The highest BCUT2D eigenvalue weighted by atomic mass is 35.5. The summed E-state index contributed by atoms with van der Waals surface area (Å²) in [5.41, 5.74) is 9.41. The van der Waals surface area contributed by atoms with Crippen molar-refractivity contribution in [3.05, 3.63) is 81.1 Å². The van der Waals surface area contributed by atoms with Gasteiger partial charge in [-0.1, -0.05) is 23.7 Å². The van der Waals surface area contributed by atoms with Crippen LogP contribution in [0.15, 0.2) is 53.5 Å². The summed E-state index contributed by atoms with van der Waals surface area (Å²) in [5, 5.41) is 18.5. The highest BCUT2D eigenvalue weighted by molar-refractivity contribution is 6.31. The smallest absolute Gasteiger partial charge is 0.354 e. The van der Waals surface area contributed by atoms with E-state index in [2.05, 4.69) is 25.9 Å². The summed E-state index contributed by atoms with van der Waals surface area (Å²) >= 11 is 6.25. The minimum atomic E-state index is -0.515. The summed E-state index contributed by atoms with van der Waals surface area (Å²) in [4.78, 5) is 20.3. The first-order valence-electron chi connectivity index (χ1n) is 14.4. The second-order valence-electron chi connectivity index (χ2n) is 11.2. The Bertz CT molecular complexity index is 1610. The van der Waals surface area contributed by atoms with Crippen molar-refractivity contribution in [3.8, 4) is 16.9 Å². The molecule has 0 radical (unpaired) electrons. The lowest BCUT2D eigenvalue weighted by Crippen LogP contribution is -2.51. The average molecular weight is 593 g/mol. The molecule has 0 spiro atoms. The van der Waals surface area contributed by atoms with Gasteiger partial charge < -0.3 is 26.7 Å². The fourth-order valence-corrected chi connectivity index (χ4v) is 5.68. The lowest BCUT2D eigenvalue weighted by atomic mass is 10.0. The monoisotopic (exact) mass is 592 g/mol. The van der Waals surface area contributed by atoms with Crippen LogP contribution in [-0.2, 0) is 6.42 Å². The molecule has 5 rings (SSSR count). The molecule has 42 heavy (non-hydrogen) atoms. The maximum atomic E-state index is 15.1. The lowest BCUT2D eigenvalue weighted by molar-refractivity contribution is 0.330. The molecule has 3 atom stereocenters. The van der Waals surface area contributed by atoms with Gasteiger partial charge in [0.2, 0.25) is 0 Å². The summed E-state index contributed by atoms with van der Waals surface area (Å²) < 4.78 is 16.6. The van der Waals surface area contributed by atoms with Crippen LogP contribution >= 0.6 is 11.6 Å². The van der Waals surface area contributed by atoms with Crippen LogP contribution in [0, 0.1) is 11.2 Å². The largest absolute Gasteiger partial charge is 0.374 e. The number of nitrogens with two attached hydrogens (primary N) is 1. The first kappa shape index (κ1) is 29.9. The molecule has 7 N–H and O–H groups in total. The zero-order chi connectivity index (χ0) is 29.8. The van der Waals surface area contributed by atoms with E-state index in [4.69, 9.17) is 22.7 Å². The van der Waals surface area contributed by atoms with Crippen LogP contribution in [-0.4, -0.2) is 52.1 Å². The van der Waals surface area contributed by atoms with Crippen molar-refractivity contribution in [2.75, 3.05) is 19.6 Å². The van der Waals surface area contributed by atoms with E-state index in [-0.39, 0.29) is 17.1 Å². The van der Waals surface area contributed by atoms with Gasteiger partial charge in [-0.25, -0.2) is 9.18 Å². The Kier molecular flexibility index (Phi) is 9.37. The van der Waals surface area contributed by atoms with Crippen LogP contribution in [0.25, 0.3) is 28.0 Å². The molecule has 0 unspecified atom stereocenters. The number of nitrogens with zero attached hydrogens (tertiary/aromatic N) is 2. The van der Waals surface area contributed by atoms with Crippen LogP contribution in [0.4, 0.5) is 4.39 Å². The van der Waals surface area contributed by atoms with Crippen LogP contribution in [0.3, 0.4) is 0 Å². The number of amidine groups is 1. The predicted molar refractivity (Wildman–Crippen MR) is 167 cm³/mol. The number of aromatic amines is 1. The normalized spacial score (nSPS) is 17.8. The number of benzene rings is 2. The molecule has 11 heteroatoms. The van der Waals surface area contributed by atoms with E-state index in [0.29, 0.717) is 39.9 Å². The van der Waals surface area contributed by atoms with Gasteiger partial charge in [0.15, 0.2) is 5.82 Å². The van der Waals surface area contributed by atoms with E-state index in [1.807, 2.05) is 31.2 Å². The Morgan fingerprint density at radius 1 is 1.26 bits per heavy atom. The molecule has 2 aromatic heterocycles. The van der Waals surface area contributed by atoms with Gasteiger partial charge in [-0.2, -0.15) is 4.98 Å². The van der Waals surface area contributed by atoms with Crippen LogP contribution in [0.5, 0.6) is 0 Å². The van der Waals surface area contributed by atoms with Gasteiger partial charge in [-0.3, -0.25) is 9.98 Å². The highest BCUT2D eigenvalue weighted by Gasteiger charge is 2.22. The SMILES string of the molecule is CC(=N)NCC[C@@H]1CNC[C@@H](c2ccc(-n3cc4cc(-c5cc(CCC[C@H](C)N)cc(Cl)c5F)[nH]c4nc3=O)cc2)N1. The first-order valence-corrected chi connectivity index (χ1v) is 14.8. The second-order valence-corrected chi connectivity index (χ2v) is 11.6. The molecule has 1 saturated heterocycles. The molecule has 3 heterocycles. The van der Waals surface area contributed by atoms with Crippen molar-refractivity contribution in [1.29, 1.82) is 5.41 Å². The number of halogens is 2. The van der Waals surface area contributed by atoms with E-state index >= 15 is 4.39 Å². The van der Waals surface area contributed by atoms with Crippen molar-refractivity contribution in [1.82, 2.24) is 30.5 Å². The number of hydrogen-bond acceptors (Lipinski definition) is 6. The third-order valence-electron chi connectivity index (χ3n) is 7.64. The Balaban J connectivity index is 1.35. The molecular formula is C31H38ClFN8O. The van der Waals surface area contributed by atoms with Gasteiger partial charge in [0.05, 0.1) is 22.2 Å². The van der Waals surface area contributed by atoms with Gasteiger partial charge >= 0.3 is 5.69 Å². The number of rotatable bonds is 10. The van der Waals surface area contributed by atoms with Gasteiger partial charge in [-0.15, -0.1) is 0 Å². The van der Waals surface area contributed by atoms with E-state index in [9.17, 15) is 4.79 Å². The molecule has 1 aliphatic rings. The third kappa shape index (κ3) is 7.07. The topological polar surface area (TPSA) is 137 Å². The fraction of sp³-hybridized carbons (Fsp3) is 0.387. The number of aryl methyl sites for hydroxylation is 1. The molecule has 4 aromatic rings. The lowest BCUT2D eigenvalue weighted by Gasteiger charge is -2.32. The molecule has 222 valence electrons. The van der Waals surface area contributed by atoms with Crippen LogP contribution < -0.4 is 27.4 Å². The maximum absolute atomic E-state index is 15.1. The van der Waals surface area contributed by atoms with Gasteiger partial charge in [0.1, 0.15) is 5.65 Å². The Morgan fingerprint density at radius 3 is 2.79 bits per heavy atom. The summed E-state index contributed by atoms with van der Waals surface area (Å²) in [5.74, 6) is -0.0432. The van der Waals surface area contributed by atoms with Crippen molar-refractivity contribution in [2.45, 2.75) is 57.7 Å². The molecule has 9 nitrogen and oxygen atoms in total. The average Bonchev–Trinajstić information content (AvgIpc) is 3.37. The van der Waals surface area contributed by atoms with Gasteiger partial charge in [-0.05, 0) is 81.0 Å². The zero-order valence-electron chi connectivity index (χ0n) is 23.9. The molecule has 0 aliphatic carbocycles. The molecule has 0 bridgehead atoms. The van der Waals surface area contributed by atoms with E-state index in [0.717, 1.165) is 56.4 Å². The molecule has 1 aliphatic heterocycles. The zero-order valence-corrected chi connectivity index (χ0v) is 24.7. The van der Waals surface area contributed by atoms with E-state index in [1.54, 1.807) is 31.3 Å². The van der Waals surface area contributed by atoms with Crippen molar-refractivity contribution in [3.63, 3.8) is 0 Å². The van der Waals surface area contributed by atoms with Crippen LogP contribution in [0.2, 0.25) is 5.02 Å². The number of H-pyrrole nitrogens is 1.